The zero-order valence-corrected chi connectivity index (χ0v) is 20.2. The van der Waals surface area contributed by atoms with Gasteiger partial charge in [0.25, 0.3) is 0 Å². The van der Waals surface area contributed by atoms with Gasteiger partial charge in [-0.25, -0.2) is 0 Å². The van der Waals surface area contributed by atoms with Crippen molar-refractivity contribution in [3.05, 3.63) is 36.4 Å². The van der Waals surface area contributed by atoms with Crippen molar-refractivity contribution in [1.29, 1.82) is 0 Å². The highest BCUT2D eigenvalue weighted by Gasteiger charge is 2.72. The van der Waals surface area contributed by atoms with Crippen LogP contribution < -0.4 is 15.4 Å². The number of nitrogens with zero attached hydrogens (tertiary/aromatic N) is 1. The fourth-order valence-corrected chi connectivity index (χ4v) is 6.15. The lowest BCUT2D eigenvalue weighted by molar-refractivity contribution is -0.142. The Balaban J connectivity index is 1.41. The number of likely N-dealkylation sites (tertiary alicyclic amines) is 1. The van der Waals surface area contributed by atoms with Crippen LogP contribution in [0.15, 0.2) is 36.4 Å². The number of amides is 3. The molecule has 3 amide bonds. The zero-order chi connectivity index (χ0) is 24.6. The van der Waals surface area contributed by atoms with Crippen LogP contribution in [0.4, 0.5) is 5.69 Å². The van der Waals surface area contributed by atoms with E-state index in [9.17, 15) is 14.4 Å². The number of hydrogen-bond donors (Lipinski definition) is 2. The van der Waals surface area contributed by atoms with Gasteiger partial charge in [-0.2, -0.15) is 0 Å². The Kier molecular flexibility index (Phi) is 6.55. The largest absolute Gasteiger partial charge is 0.497 e. The summed E-state index contributed by atoms with van der Waals surface area (Å²) in [7, 11) is 3.12. The van der Waals surface area contributed by atoms with Crippen molar-refractivity contribution in [3.8, 4) is 5.75 Å². The third kappa shape index (κ3) is 4.10. The Bertz CT molecular complexity index is 1020. The van der Waals surface area contributed by atoms with Crippen LogP contribution in [-0.4, -0.2) is 73.8 Å². The van der Waals surface area contributed by atoms with E-state index in [0.717, 1.165) is 25.7 Å². The minimum Gasteiger partial charge on any atom is -0.497 e. The molecular weight excluding hydrogens is 450 g/mol. The second-order valence-corrected chi connectivity index (χ2v) is 9.79. The molecule has 1 aromatic carbocycles. The van der Waals surface area contributed by atoms with Crippen LogP contribution in [-0.2, 0) is 23.9 Å². The van der Waals surface area contributed by atoms with Crippen LogP contribution in [0.5, 0.6) is 5.75 Å². The molecule has 188 valence electrons. The van der Waals surface area contributed by atoms with Crippen LogP contribution >= 0.6 is 0 Å². The molecule has 2 saturated heterocycles. The number of nitrogens with one attached hydrogen (secondary N) is 2. The lowest BCUT2D eigenvalue weighted by Gasteiger charge is -2.34. The molecule has 9 nitrogen and oxygen atoms in total. The topological polar surface area (TPSA) is 106 Å². The number of hydrogen-bond acceptors (Lipinski definition) is 6. The first-order valence-corrected chi connectivity index (χ1v) is 12.4. The molecule has 4 aliphatic rings. The van der Waals surface area contributed by atoms with E-state index in [1.807, 2.05) is 12.2 Å². The van der Waals surface area contributed by atoms with Gasteiger partial charge in [-0.1, -0.05) is 37.5 Å². The van der Waals surface area contributed by atoms with E-state index >= 15 is 0 Å². The summed E-state index contributed by atoms with van der Waals surface area (Å²) in [4.78, 5) is 42.3. The van der Waals surface area contributed by atoms with Crippen molar-refractivity contribution < 1.29 is 28.6 Å². The molecule has 3 heterocycles. The van der Waals surface area contributed by atoms with Gasteiger partial charge in [0.2, 0.25) is 17.7 Å². The second kappa shape index (κ2) is 9.62. The molecule has 0 radical (unpaired) electrons. The van der Waals surface area contributed by atoms with Crippen LogP contribution in [0.2, 0.25) is 0 Å². The summed E-state index contributed by atoms with van der Waals surface area (Å²) < 4.78 is 16.8. The molecule has 2 N–H and O–H groups in total. The number of methoxy groups -OCH3 is 2. The van der Waals surface area contributed by atoms with Crippen molar-refractivity contribution in [3.63, 3.8) is 0 Å². The summed E-state index contributed by atoms with van der Waals surface area (Å²) in [6, 6.07) is 6.32. The van der Waals surface area contributed by atoms with Gasteiger partial charge in [0, 0.05) is 31.5 Å². The maximum Gasteiger partial charge on any atom is 0.246 e. The summed E-state index contributed by atoms with van der Waals surface area (Å²) in [6.45, 7) is 0.540. The number of carbonyl (C=O) groups is 3. The smallest absolute Gasteiger partial charge is 0.246 e. The van der Waals surface area contributed by atoms with E-state index in [1.54, 1.807) is 43.4 Å². The molecule has 5 unspecified atom stereocenters. The van der Waals surface area contributed by atoms with Crippen molar-refractivity contribution in [2.45, 2.75) is 55.9 Å². The van der Waals surface area contributed by atoms with Crippen LogP contribution in [0.25, 0.3) is 0 Å². The van der Waals surface area contributed by atoms with Crippen LogP contribution in [0.1, 0.15) is 32.1 Å². The Morgan fingerprint density at radius 2 is 1.97 bits per heavy atom. The van der Waals surface area contributed by atoms with E-state index in [-0.39, 0.29) is 36.9 Å². The van der Waals surface area contributed by atoms with Crippen LogP contribution in [0, 0.1) is 11.8 Å². The SMILES string of the molecule is COCCN1C(=O)C2C(C(=O)Nc3cccc(OC)c3)C3C=CC2(O3)C1C(=O)NC1CCCCC1. The van der Waals surface area contributed by atoms with Gasteiger partial charge < -0.3 is 29.7 Å². The van der Waals surface area contributed by atoms with E-state index in [0.29, 0.717) is 11.4 Å². The molecular formula is C26H33N3O6. The molecule has 9 heteroatoms. The van der Waals surface area contributed by atoms with Gasteiger partial charge in [0.1, 0.15) is 17.4 Å². The number of carbonyl (C=O) groups excluding carboxylic acids is 3. The number of benzene rings is 1. The predicted octanol–water partition coefficient (Wildman–Crippen LogP) is 1.88. The van der Waals surface area contributed by atoms with Gasteiger partial charge in [-0.05, 0) is 25.0 Å². The first-order valence-electron chi connectivity index (χ1n) is 12.4. The van der Waals surface area contributed by atoms with Crippen molar-refractivity contribution in [2.24, 2.45) is 11.8 Å². The zero-order valence-electron chi connectivity index (χ0n) is 20.2. The molecule has 1 spiro atoms. The average molecular weight is 484 g/mol. The normalized spacial score (nSPS) is 31.5. The molecule has 1 aliphatic carbocycles. The minimum absolute atomic E-state index is 0.0980. The maximum atomic E-state index is 13.7. The second-order valence-electron chi connectivity index (χ2n) is 9.79. The monoisotopic (exact) mass is 483 g/mol. The molecule has 5 atom stereocenters. The quantitative estimate of drug-likeness (QED) is 0.547. The first kappa shape index (κ1) is 23.8. The van der Waals surface area contributed by atoms with Gasteiger partial charge in [0.05, 0.1) is 31.7 Å². The van der Waals surface area contributed by atoms with Crippen molar-refractivity contribution in [1.82, 2.24) is 10.2 Å². The first-order chi connectivity index (χ1) is 17.0. The molecule has 35 heavy (non-hydrogen) atoms. The standard InChI is InChI=1S/C26H33N3O6/c1-33-14-13-29-22(24(31)27-16-7-4-3-5-8-16)26-12-11-19(35-26)20(21(26)25(29)32)23(30)28-17-9-6-10-18(15-17)34-2/h6,9-12,15-16,19-22H,3-5,7-8,13-14H2,1-2H3,(H,27,31)(H,28,30). The maximum absolute atomic E-state index is 13.7. The van der Waals surface area contributed by atoms with E-state index < -0.39 is 29.6 Å². The number of fused-ring (bicyclic) bond motifs is 1. The van der Waals surface area contributed by atoms with Crippen molar-refractivity contribution in [2.75, 3.05) is 32.7 Å². The van der Waals surface area contributed by atoms with Crippen molar-refractivity contribution >= 4 is 23.4 Å². The Morgan fingerprint density at radius 1 is 1.17 bits per heavy atom. The lowest BCUT2D eigenvalue weighted by atomic mass is 9.74. The molecule has 3 aliphatic heterocycles. The molecule has 1 aromatic rings. The summed E-state index contributed by atoms with van der Waals surface area (Å²) in [5, 5.41) is 6.08. The summed E-state index contributed by atoms with van der Waals surface area (Å²) in [5.74, 6) is -1.68. The average Bonchev–Trinajstić information content (AvgIpc) is 3.50. The number of ether oxygens (including phenoxy) is 3. The van der Waals surface area contributed by atoms with E-state index in [1.165, 1.54) is 6.42 Å². The van der Waals surface area contributed by atoms with Gasteiger partial charge in [-0.3, -0.25) is 14.4 Å². The molecule has 0 aromatic heterocycles. The summed E-state index contributed by atoms with van der Waals surface area (Å²) in [5.41, 5.74) is -0.589. The van der Waals surface area contributed by atoms with Gasteiger partial charge >= 0.3 is 0 Å². The fraction of sp³-hybridized carbons (Fsp3) is 0.577. The Labute approximate surface area is 205 Å². The highest BCUT2D eigenvalue weighted by atomic mass is 16.5. The molecule has 3 fully saturated rings. The lowest BCUT2D eigenvalue weighted by Crippen LogP contribution is -2.57. The minimum atomic E-state index is -1.16. The Hall–Kier alpha value is -2.91. The molecule has 2 bridgehead atoms. The Morgan fingerprint density at radius 3 is 2.71 bits per heavy atom. The fourth-order valence-electron chi connectivity index (χ4n) is 6.15. The molecule has 1 saturated carbocycles. The van der Waals surface area contributed by atoms with E-state index in [2.05, 4.69) is 10.6 Å². The summed E-state index contributed by atoms with van der Waals surface area (Å²) in [6.07, 6.45) is 8.30. The highest BCUT2D eigenvalue weighted by molar-refractivity contribution is 6.02. The van der Waals surface area contributed by atoms with E-state index in [4.69, 9.17) is 14.2 Å². The highest BCUT2D eigenvalue weighted by Crippen LogP contribution is 2.55. The third-order valence-corrected chi connectivity index (χ3v) is 7.75. The van der Waals surface area contributed by atoms with Gasteiger partial charge in [-0.15, -0.1) is 0 Å². The number of rotatable bonds is 8. The molecule has 5 rings (SSSR count). The number of anilines is 1. The summed E-state index contributed by atoms with van der Waals surface area (Å²) >= 11 is 0. The third-order valence-electron chi connectivity index (χ3n) is 7.75. The van der Waals surface area contributed by atoms with Gasteiger partial charge in [0.15, 0.2) is 0 Å². The predicted molar refractivity (Wildman–Crippen MR) is 128 cm³/mol. The van der Waals surface area contributed by atoms with Crippen LogP contribution in [0.3, 0.4) is 0 Å².